The molecule has 1 aromatic rings. The molecule has 0 bridgehead atoms. The van der Waals surface area contributed by atoms with Crippen LogP contribution in [0.1, 0.15) is 24.6 Å². The zero-order valence-corrected chi connectivity index (χ0v) is 10.8. The minimum Gasteiger partial charge on any atom is -0.333 e. The van der Waals surface area contributed by atoms with Gasteiger partial charge < -0.3 is 10.2 Å². The van der Waals surface area contributed by atoms with Gasteiger partial charge >= 0.3 is 0 Å². The smallest absolute Gasteiger partial charge is 0.226 e. The lowest BCUT2D eigenvalue weighted by Gasteiger charge is -2.15. The first-order valence-electron chi connectivity index (χ1n) is 5.86. The van der Waals surface area contributed by atoms with Crippen LogP contribution in [-0.4, -0.2) is 30.1 Å². The number of rotatable bonds is 6. The molecule has 0 aromatic carbocycles. The molecule has 92 valence electrons. The van der Waals surface area contributed by atoms with E-state index in [1.165, 1.54) is 0 Å². The molecule has 0 saturated heterocycles. The van der Waals surface area contributed by atoms with Gasteiger partial charge in [-0.1, -0.05) is 12.8 Å². The van der Waals surface area contributed by atoms with Gasteiger partial charge in [-0.25, -0.2) is 9.97 Å². The molecule has 0 radical (unpaired) electrons. The van der Waals surface area contributed by atoms with Crippen molar-refractivity contribution in [2.24, 2.45) is 0 Å². The third-order valence-electron chi connectivity index (χ3n) is 2.48. The van der Waals surface area contributed by atoms with Crippen molar-refractivity contribution in [2.75, 3.05) is 25.0 Å². The van der Waals surface area contributed by atoms with Crippen LogP contribution >= 0.6 is 0 Å². The van der Waals surface area contributed by atoms with Crippen molar-refractivity contribution < 1.29 is 0 Å². The van der Waals surface area contributed by atoms with Gasteiger partial charge in [0.2, 0.25) is 5.95 Å². The highest BCUT2D eigenvalue weighted by Crippen LogP contribution is 2.09. The van der Waals surface area contributed by atoms with E-state index in [2.05, 4.69) is 28.1 Å². The molecule has 1 N–H and O–H groups in total. The fourth-order valence-corrected chi connectivity index (χ4v) is 1.44. The van der Waals surface area contributed by atoms with Gasteiger partial charge in [-0.2, -0.15) is 0 Å². The average molecular weight is 232 g/mol. The molecule has 0 aliphatic heterocycles. The molecular formula is C13H20N4. The molecule has 0 saturated carbocycles. The van der Waals surface area contributed by atoms with Gasteiger partial charge in [0.05, 0.1) is 6.54 Å². The van der Waals surface area contributed by atoms with E-state index in [1.54, 1.807) is 0 Å². The monoisotopic (exact) mass is 232 g/mol. The fraction of sp³-hybridized carbons (Fsp3) is 0.538. The number of anilines is 1. The third kappa shape index (κ3) is 4.04. The minimum absolute atomic E-state index is 0.521. The number of nitrogens with zero attached hydrogens (tertiary/aromatic N) is 3. The Kier molecular flexibility index (Phi) is 5.44. The van der Waals surface area contributed by atoms with Crippen LogP contribution < -0.4 is 10.2 Å². The van der Waals surface area contributed by atoms with Crippen molar-refractivity contribution in [3.63, 3.8) is 0 Å². The molecule has 17 heavy (non-hydrogen) atoms. The maximum absolute atomic E-state index is 5.26. The van der Waals surface area contributed by atoms with E-state index in [4.69, 9.17) is 6.42 Å². The summed E-state index contributed by atoms with van der Waals surface area (Å²) in [5.74, 6) is 3.26. The Morgan fingerprint density at radius 1 is 1.53 bits per heavy atom. The number of nitrogens with one attached hydrogen (secondary N) is 1. The summed E-state index contributed by atoms with van der Waals surface area (Å²) in [5.41, 5.74) is 2.14. The number of aromatic nitrogens is 2. The lowest BCUT2D eigenvalue weighted by molar-refractivity contribution is 0.668. The molecule has 1 heterocycles. The summed E-state index contributed by atoms with van der Waals surface area (Å²) < 4.78 is 0. The predicted molar refractivity (Wildman–Crippen MR) is 70.9 cm³/mol. The van der Waals surface area contributed by atoms with Crippen LogP contribution in [0.25, 0.3) is 0 Å². The maximum Gasteiger partial charge on any atom is 0.226 e. The SMILES string of the molecule is C#CCN(C)c1ncc(CNCCC)c(C)n1. The molecule has 0 atom stereocenters. The van der Waals surface area contributed by atoms with E-state index < -0.39 is 0 Å². The van der Waals surface area contributed by atoms with E-state index in [-0.39, 0.29) is 0 Å². The average Bonchev–Trinajstić information content (AvgIpc) is 2.31. The van der Waals surface area contributed by atoms with Gasteiger partial charge in [0.1, 0.15) is 0 Å². The topological polar surface area (TPSA) is 41.1 Å². The van der Waals surface area contributed by atoms with Crippen LogP contribution in [0.3, 0.4) is 0 Å². The van der Waals surface area contributed by atoms with Crippen molar-refractivity contribution in [3.8, 4) is 12.3 Å². The molecule has 0 unspecified atom stereocenters. The van der Waals surface area contributed by atoms with Crippen LogP contribution in [0.15, 0.2) is 6.20 Å². The van der Waals surface area contributed by atoms with Crippen molar-refractivity contribution in [1.82, 2.24) is 15.3 Å². The standard InChI is InChI=1S/C13H20N4/c1-5-7-14-9-12-10-15-13(16-11(12)3)17(4)8-6-2/h2,10,14H,5,7-9H2,1,3-4H3. The Hall–Kier alpha value is -1.60. The van der Waals surface area contributed by atoms with E-state index in [0.717, 1.165) is 30.8 Å². The number of aryl methyl sites for hydroxylation is 1. The highest BCUT2D eigenvalue weighted by Gasteiger charge is 2.06. The second-order valence-corrected chi connectivity index (χ2v) is 4.02. The van der Waals surface area contributed by atoms with Gasteiger partial charge in [-0.05, 0) is 19.9 Å². The summed E-state index contributed by atoms with van der Waals surface area (Å²) in [7, 11) is 1.89. The summed E-state index contributed by atoms with van der Waals surface area (Å²) in [4.78, 5) is 10.6. The molecule has 0 aliphatic rings. The molecule has 1 aromatic heterocycles. The van der Waals surface area contributed by atoms with Crippen LogP contribution in [0, 0.1) is 19.3 Å². The summed E-state index contributed by atoms with van der Waals surface area (Å²) in [6.45, 7) is 6.50. The molecule has 0 amide bonds. The Morgan fingerprint density at radius 3 is 2.88 bits per heavy atom. The molecule has 4 heteroatoms. The second-order valence-electron chi connectivity index (χ2n) is 4.02. The predicted octanol–water partition coefficient (Wildman–Crippen LogP) is 1.35. The zero-order chi connectivity index (χ0) is 12.7. The molecule has 1 rings (SSSR count). The largest absolute Gasteiger partial charge is 0.333 e. The number of hydrogen-bond donors (Lipinski definition) is 1. The zero-order valence-electron chi connectivity index (χ0n) is 10.8. The third-order valence-corrected chi connectivity index (χ3v) is 2.48. The molecule has 4 nitrogen and oxygen atoms in total. The van der Waals surface area contributed by atoms with Gasteiger partial charge in [-0.3, -0.25) is 0 Å². The normalized spacial score (nSPS) is 10.0. The maximum atomic E-state index is 5.26. The van der Waals surface area contributed by atoms with E-state index in [1.807, 2.05) is 25.1 Å². The van der Waals surface area contributed by atoms with Crippen molar-refractivity contribution in [3.05, 3.63) is 17.5 Å². The minimum atomic E-state index is 0.521. The molecular weight excluding hydrogens is 212 g/mol. The van der Waals surface area contributed by atoms with E-state index in [9.17, 15) is 0 Å². The van der Waals surface area contributed by atoms with E-state index >= 15 is 0 Å². The lowest BCUT2D eigenvalue weighted by atomic mass is 10.2. The number of hydrogen-bond acceptors (Lipinski definition) is 4. The summed E-state index contributed by atoms with van der Waals surface area (Å²) in [5, 5.41) is 3.34. The van der Waals surface area contributed by atoms with Crippen molar-refractivity contribution in [2.45, 2.75) is 26.8 Å². The lowest BCUT2D eigenvalue weighted by Crippen LogP contribution is -2.21. The number of terminal acetylenes is 1. The van der Waals surface area contributed by atoms with Gasteiger partial charge in [0.25, 0.3) is 0 Å². The van der Waals surface area contributed by atoms with Gasteiger partial charge in [-0.15, -0.1) is 6.42 Å². The van der Waals surface area contributed by atoms with Crippen molar-refractivity contribution >= 4 is 5.95 Å². The Morgan fingerprint density at radius 2 is 2.29 bits per heavy atom. The highest BCUT2D eigenvalue weighted by molar-refractivity contribution is 5.33. The second kappa shape index (κ2) is 6.87. The highest BCUT2D eigenvalue weighted by atomic mass is 15.2. The first-order valence-corrected chi connectivity index (χ1v) is 5.86. The Bertz CT molecular complexity index is 395. The Balaban J connectivity index is 2.69. The fourth-order valence-electron chi connectivity index (χ4n) is 1.44. The van der Waals surface area contributed by atoms with Gasteiger partial charge in [0, 0.05) is 31.0 Å². The summed E-state index contributed by atoms with van der Waals surface area (Å²) >= 11 is 0. The summed E-state index contributed by atoms with van der Waals surface area (Å²) in [6, 6.07) is 0. The van der Waals surface area contributed by atoms with Gasteiger partial charge in [0.15, 0.2) is 0 Å². The Labute approximate surface area is 103 Å². The first kappa shape index (κ1) is 13.5. The quantitative estimate of drug-likeness (QED) is 0.594. The van der Waals surface area contributed by atoms with Crippen LogP contribution in [0.2, 0.25) is 0 Å². The van der Waals surface area contributed by atoms with Crippen LogP contribution in [0.5, 0.6) is 0 Å². The molecule has 0 spiro atoms. The van der Waals surface area contributed by atoms with Crippen LogP contribution in [-0.2, 0) is 6.54 Å². The van der Waals surface area contributed by atoms with Crippen LogP contribution in [0.4, 0.5) is 5.95 Å². The molecule has 0 aliphatic carbocycles. The summed E-state index contributed by atoms with van der Waals surface area (Å²) in [6.07, 6.45) is 8.25. The van der Waals surface area contributed by atoms with E-state index in [0.29, 0.717) is 12.5 Å². The first-order chi connectivity index (χ1) is 8.19. The van der Waals surface area contributed by atoms with Crippen molar-refractivity contribution in [1.29, 1.82) is 0 Å². The molecule has 0 fully saturated rings.